The van der Waals surface area contributed by atoms with Crippen molar-refractivity contribution >= 4 is 5.91 Å². The Bertz CT molecular complexity index is 449. The van der Waals surface area contributed by atoms with Gasteiger partial charge in [0.15, 0.2) is 6.10 Å². The molecule has 0 bridgehead atoms. The van der Waals surface area contributed by atoms with Crippen LogP contribution in [0.1, 0.15) is 24.5 Å². The Hall–Kier alpha value is -1.39. The number of amides is 1. The summed E-state index contributed by atoms with van der Waals surface area (Å²) >= 11 is 0. The molecule has 0 spiro atoms. The molecule has 1 aromatic carbocycles. The van der Waals surface area contributed by atoms with Gasteiger partial charge < -0.3 is 15.0 Å². The number of carbonyl (C=O) groups is 1. The Labute approximate surface area is 120 Å². The van der Waals surface area contributed by atoms with Gasteiger partial charge in [0.05, 0.1) is 0 Å². The number of methoxy groups -OCH3 is 1. The maximum atomic E-state index is 12.7. The highest BCUT2D eigenvalue weighted by atomic mass is 16.5. The average Bonchev–Trinajstić information content (AvgIpc) is 2.93. The van der Waals surface area contributed by atoms with Gasteiger partial charge in [0.2, 0.25) is 0 Å². The third-order valence-corrected chi connectivity index (χ3v) is 4.47. The average molecular weight is 274 g/mol. The van der Waals surface area contributed by atoms with Gasteiger partial charge in [-0.15, -0.1) is 0 Å². The summed E-state index contributed by atoms with van der Waals surface area (Å²) in [5, 5.41) is 3.53. The molecule has 2 aliphatic rings. The van der Waals surface area contributed by atoms with Crippen molar-refractivity contribution in [3.05, 3.63) is 35.9 Å². The third-order valence-electron chi connectivity index (χ3n) is 4.47. The minimum Gasteiger partial charge on any atom is -0.367 e. The molecule has 1 unspecified atom stereocenters. The van der Waals surface area contributed by atoms with E-state index in [-0.39, 0.29) is 5.91 Å². The molecule has 1 aromatic rings. The second kappa shape index (κ2) is 5.94. The van der Waals surface area contributed by atoms with E-state index in [2.05, 4.69) is 5.32 Å². The number of ether oxygens (including phenoxy) is 1. The molecular formula is C16H22N2O2. The van der Waals surface area contributed by atoms with Gasteiger partial charge in [-0.1, -0.05) is 30.3 Å². The van der Waals surface area contributed by atoms with Gasteiger partial charge in [0, 0.05) is 26.2 Å². The number of rotatable bonds is 3. The second-order valence-corrected chi connectivity index (χ2v) is 5.73. The molecule has 0 aromatic heterocycles. The zero-order valence-electron chi connectivity index (χ0n) is 11.9. The second-order valence-electron chi connectivity index (χ2n) is 5.73. The van der Waals surface area contributed by atoms with Crippen molar-refractivity contribution in [1.82, 2.24) is 10.2 Å². The highest BCUT2D eigenvalue weighted by Gasteiger charge is 2.38. The van der Waals surface area contributed by atoms with Crippen molar-refractivity contribution in [3.8, 4) is 0 Å². The summed E-state index contributed by atoms with van der Waals surface area (Å²) in [4.78, 5) is 14.7. The number of nitrogens with one attached hydrogen (secondary N) is 1. The van der Waals surface area contributed by atoms with Crippen LogP contribution in [0.25, 0.3) is 0 Å². The van der Waals surface area contributed by atoms with E-state index in [0.717, 1.165) is 25.2 Å². The Morgan fingerprint density at radius 1 is 1.35 bits per heavy atom. The van der Waals surface area contributed by atoms with Crippen molar-refractivity contribution < 1.29 is 9.53 Å². The smallest absolute Gasteiger partial charge is 0.256 e. The van der Waals surface area contributed by atoms with Gasteiger partial charge >= 0.3 is 0 Å². The number of carbonyl (C=O) groups excluding carboxylic acids is 1. The lowest BCUT2D eigenvalue weighted by molar-refractivity contribution is -0.141. The molecule has 2 heterocycles. The molecule has 2 saturated heterocycles. The number of hydrogen-bond acceptors (Lipinski definition) is 3. The lowest BCUT2D eigenvalue weighted by Crippen LogP contribution is -2.41. The van der Waals surface area contributed by atoms with E-state index in [4.69, 9.17) is 4.74 Å². The van der Waals surface area contributed by atoms with Crippen LogP contribution < -0.4 is 5.32 Å². The van der Waals surface area contributed by atoms with Crippen LogP contribution in [0, 0.1) is 5.92 Å². The highest BCUT2D eigenvalue weighted by molar-refractivity contribution is 5.82. The largest absolute Gasteiger partial charge is 0.367 e. The highest BCUT2D eigenvalue weighted by Crippen LogP contribution is 2.28. The molecule has 108 valence electrons. The maximum Gasteiger partial charge on any atom is 0.256 e. The van der Waals surface area contributed by atoms with E-state index in [9.17, 15) is 4.79 Å². The summed E-state index contributed by atoms with van der Waals surface area (Å²) < 4.78 is 5.45. The molecule has 4 nitrogen and oxygen atoms in total. The monoisotopic (exact) mass is 274 g/mol. The van der Waals surface area contributed by atoms with Gasteiger partial charge in [0.1, 0.15) is 0 Å². The van der Waals surface area contributed by atoms with E-state index in [1.54, 1.807) is 7.11 Å². The predicted molar refractivity (Wildman–Crippen MR) is 77.3 cm³/mol. The van der Waals surface area contributed by atoms with Crippen molar-refractivity contribution in [3.63, 3.8) is 0 Å². The van der Waals surface area contributed by atoms with Crippen molar-refractivity contribution in [2.75, 3.05) is 26.7 Å². The van der Waals surface area contributed by atoms with Crippen LogP contribution >= 0.6 is 0 Å². The van der Waals surface area contributed by atoms with Crippen LogP contribution in [-0.2, 0) is 9.53 Å². The Morgan fingerprint density at radius 3 is 2.85 bits per heavy atom. The topological polar surface area (TPSA) is 41.6 Å². The SMILES string of the molecule is COC(C(=O)N1C[C@@H]2CCCN[C@@H]2C1)c1ccccc1. The molecule has 20 heavy (non-hydrogen) atoms. The van der Waals surface area contributed by atoms with Crippen LogP contribution in [0.3, 0.4) is 0 Å². The van der Waals surface area contributed by atoms with Crippen LogP contribution in [-0.4, -0.2) is 43.6 Å². The van der Waals surface area contributed by atoms with E-state index >= 15 is 0 Å². The summed E-state index contributed by atoms with van der Waals surface area (Å²) in [6.07, 6.45) is 1.97. The number of hydrogen-bond donors (Lipinski definition) is 1. The Balaban J connectivity index is 1.71. The van der Waals surface area contributed by atoms with Gasteiger partial charge in [-0.25, -0.2) is 0 Å². The first-order chi connectivity index (χ1) is 9.79. The maximum absolute atomic E-state index is 12.7. The zero-order valence-corrected chi connectivity index (χ0v) is 11.9. The molecule has 3 atom stereocenters. The first kappa shape index (κ1) is 13.6. The van der Waals surface area contributed by atoms with E-state index in [1.165, 1.54) is 12.8 Å². The normalized spacial score (nSPS) is 27.1. The zero-order chi connectivity index (χ0) is 13.9. The van der Waals surface area contributed by atoms with Crippen molar-refractivity contribution in [1.29, 1.82) is 0 Å². The number of piperidine rings is 1. The minimum atomic E-state index is -0.476. The summed E-state index contributed by atoms with van der Waals surface area (Å²) in [7, 11) is 1.61. The van der Waals surface area contributed by atoms with Crippen molar-refractivity contribution in [2.24, 2.45) is 5.92 Å². The van der Waals surface area contributed by atoms with Crippen LogP contribution in [0.4, 0.5) is 0 Å². The molecule has 4 heteroatoms. The fourth-order valence-corrected chi connectivity index (χ4v) is 3.40. The van der Waals surface area contributed by atoms with Gasteiger partial charge in [-0.3, -0.25) is 4.79 Å². The summed E-state index contributed by atoms with van der Waals surface area (Å²) in [6, 6.07) is 10.2. The van der Waals surface area contributed by atoms with Gasteiger partial charge in [0.25, 0.3) is 5.91 Å². The first-order valence-electron chi connectivity index (χ1n) is 7.39. The molecule has 0 radical (unpaired) electrons. The van der Waals surface area contributed by atoms with Crippen LogP contribution in [0.2, 0.25) is 0 Å². The minimum absolute atomic E-state index is 0.0925. The van der Waals surface area contributed by atoms with E-state index in [1.807, 2.05) is 35.2 Å². The standard InChI is InChI=1S/C16H22N2O2/c1-20-15(12-6-3-2-4-7-12)16(19)18-10-13-8-5-9-17-14(13)11-18/h2-4,6-7,13-15,17H,5,8-11H2,1H3/t13-,14+,15?/m0/s1. The summed E-state index contributed by atoms with van der Waals surface area (Å²) in [5.41, 5.74) is 0.933. The quantitative estimate of drug-likeness (QED) is 0.910. The molecule has 1 N–H and O–H groups in total. The molecule has 2 aliphatic heterocycles. The fourth-order valence-electron chi connectivity index (χ4n) is 3.40. The van der Waals surface area contributed by atoms with Crippen LogP contribution in [0.15, 0.2) is 30.3 Å². The summed E-state index contributed by atoms with van der Waals surface area (Å²) in [5.74, 6) is 0.705. The van der Waals surface area contributed by atoms with Gasteiger partial charge in [-0.2, -0.15) is 0 Å². The molecular weight excluding hydrogens is 252 g/mol. The number of nitrogens with zero attached hydrogens (tertiary/aromatic N) is 1. The van der Waals surface area contributed by atoms with Gasteiger partial charge in [-0.05, 0) is 30.9 Å². The number of fused-ring (bicyclic) bond motifs is 1. The summed E-state index contributed by atoms with van der Waals surface area (Å²) in [6.45, 7) is 2.76. The lowest BCUT2D eigenvalue weighted by atomic mass is 9.94. The molecule has 2 fully saturated rings. The number of likely N-dealkylation sites (tertiary alicyclic amines) is 1. The molecule has 0 saturated carbocycles. The Morgan fingerprint density at radius 2 is 2.15 bits per heavy atom. The van der Waals surface area contributed by atoms with E-state index in [0.29, 0.717) is 12.0 Å². The predicted octanol–water partition coefficient (Wildman–Crippen LogP) is 1.58. The van der Waals surface area contributed by atoms with Crippen LogP contribution in [0.5, 0.6) is 0 Å². The Kier molecular flexibility index (Phi) is 4.03. The lowest BCUT2D eigenvalue weighted by Gasteiger charge is -2.24. The van der Waals surface area contributed by atoms with E-state index < -0.39 is 6.10 Å². The number of benzene rings is 1. The molecule has 0 aliphatic carbocycles. The fraction of sp³-hybridized carbons (Fsp3) is 0.562. The third kappa shape index (κ3) is 2.58. The molecule has 1 amide bonds. The van der Waals surface area contributed by atoms with Crippen molar-refractivity contribution in [2.45, 2.75) is 25.0 Å². The molecule has 3 rings (SSSR count). The first-order valence-corrected chi connectivity index (χ1v) is 7.39.